The fraction of sp³-hybridized carbons (Fsp3) is 0.318. The summed E-state index contributed by atoms with van der Waals surface area (Å²) in [6, 6.07) is 16.8. The van der Waals surface area contributed by atoms with E-state index in [1.807, 2.05) is 36.4 Å². The molecule has 0 radical (unpaired) electrons. The molecule has 0 heterocycles. The number of carboxylic acid groups (broad SMARTS) is 1. The maximum absolute atomic E-state index is 12.6. The van der Waals surface area contributed by atoms with Gasteiger partial charge in [-0.3, -0.25) is 4.79 Å². The molecule has 1 aliphatic rings. The molecule has 2 aromatic rings. The molecule has 1 saturated carbocycles. The van der Waals surface area contributed by atoms with Gasteiger partial charge in [-0.25, -0.2) is 4.79 Å². The van der Waals surface area contributed by atoms with Crippen molar-refractivity contribution in [3.63, 3.8) is 0 Å². The predicted octanol–water partition coefficient (Wildman–Crippen LogP) is 3.97. The second-order valence-electron chi connectivity index (χ2n) is 6.84. The highest BCUT2D eigenvalue weighted by Crippen LogP contribution is 2.41. The average Bonchev–Trinajstić information content (AvgIpc) is 2.72. The van der Waals surface area contributed by atoms with Crippen molar-refractivity contribution in [2.45, 2.75) is 31.6 Å². The van der Waals surface area contributed by atoms with Crippen LogP contribution >= 0.6 is 0 Å². The zero-order chi connectivity index (χ0) is 19.2. The van der Waals surface area contributed by atoms with Crippen LogP contribution in [0.4, 0.5) is 0 Å². The number of benzene rings is 2. The highest BCUT2D eigenvalue weighted by atomic mass is 16.4. The number of hydrogen-bond donors (Lipinski definition) is 2. The summed E-state index contributed by atoms with van der Waals surface area (Å²) < 4.78 is 0. The van der Waals surface area contributed by atoms with Crippen LogP contribution in [-0.2, 0) is 4.79 Å². The summed E-state index contributed by atoms with van der Waals surface area (Å²) in [7, 11) is 0. The molecular formula is C22H22N2O3. The Morgan fingerprint density at radius 3 is 2.48 bits per heavy atom. The highest BCUT2D eigenvalue weighted by Gasteiger charge is 2.33. The summed E-state index contributed by atoms with van der Waals surface area (Å²) in [5.41, 5.74) is 3.33. The smallest absolute Gasteiger partial charge is 0.335 e. The molecular weight excluding hydrogens is 340 g/mol. The fourth-order valence-electron chi connectivity index (χ4n) is 3.95. The molecule has 1 aliphatic carbocycles. The van der Waals surface area contributed by atoms with Crippen molar-refractivity contribution in [2.24, 2.45) is 5.92 Å². The Hall–Kier alpha value is -3.13. The summed E-state index contributed by atoms with van der Waals surface area (Å²) in [4.78, 5) is 23.7. The van der Waals surface area contributed by atoms with Crippen LogP contribution in [0.2, 0.25) is 0 Å². The molecule has 0 bridgehead atoms. The van der Waals surface area contributed by atoms with E-state index in [4.69, 9.17) is 10.4 Å². The van der Waals surface area contributed by atoms with Gasteiger partial charge in [0.1, 0.15) is 6.54 Å². The number of nitrogens with one attached hydrogen (secondary N) is 1. The number of nitriles is 1. The molecule has 2 N–H and O–H groups in total. The van der Waals surface area contributed by atoms with Gasteiger partial charge >= 0.3 is 5.97 Å². The maximum Gasteiger partial charge on any atom is 0.335 e. The largest absolute Gasteiger partial charge is 0.478 e. The molecule has 27 heavy (non-hydrogen) atoms. The van der Waals surface area contributed by atoms with Crippen LogP contribution in [0.15, 0.2) is 48.5 Å². The van der Waals surface area contributed by atoms with Crippen molar-refractivity contribution >= 4 is 11.9 Å². The molecule has 0 spiro atoms. The number of nitrogens with zero attached hydrogens (tertiary/aromatic N) is 1. The van der Waals surface area contributed by atoms with Crippen molar-refractivity contribution in [1.29, 1.82) is 5.26 Å². The molecule has 1 amide bonds. The van der Waals surface area contributed by atoms with Crippen molar-refractivity contribution in [1.82, 2.24) is 5.32 Å². The number of amides is 1. The van der Waals surface area contributed by atoms with E-state index in [1.54, 1.807) is 12.1 Å². The van der Waals surface area contributed by atoms with Gasteiger partial charge < -0.3 is 10.4 Å². The third-order valence-electron chi connectivity index (χ3n) is 5.25. The van der Waals surface area contributed by atoms with Crippen LogP contribution in [0, 0.1) is 17.2 Å². The number of aromatic carboxylic acids is 1. The lowest BCUT2D eigenvalue weighted by molar-refractivity contribution is -0.126. The molecule has 2 aromatic carbocycles. The standard InChI is InChI=1S/C22H22N2O3/c23-13-14-24-21(25)20-8-4-3-7-19(20)18-6-2-1-5-17(18)15-9-11-16(12-10-15)22(26)27/h1-2,5-6,9-12,19-20H,3-4,7-8,14H2,(H,24,25)(H,26,27)/t19?,20-/m1/s1. The van der Waals surface area contributed by atoms with Gasteiger partial charge in [-0.05, 0) is 47.6 Å². The molecule has 2 atom stereocenters. The molecule has 0 aromatic heterocycles. The molecule has 5 nitrogen and oxygen atoms in total. The first-order chi connectivity index (χ1) is 13.1. The molecule has 1 unspecified atom stereocenters. The van der Waals surface area contributed by atoms with E-state index in [9.17, 15) is 9.59 Å². The molecule has 5 heteroatoms. The Kier molecular flexibility index (Phi) is 5.87. The monoisotopic (exact) mass is 362 g/mol. The van der Waals surface area contributed by atoms with Gasteiger partial charge in [0.15, 0.2) is 0 Å². The van der Waals surface area contributed by atoms with Crippen LogP contribution in [0.25, 0.3) is 11.1 Å². The summed E-state index contributed by atoms with van der Waals surface area (Å²) in [5, 5.41) is 20.6. The van der Waals surface area contributed by atoms with E-state index in [0.29, 0.717) is 0 Å². The maximum atomic E-state index is 12.6. The van der Waals surface area contributed by atoms with Crippen LogP contribution in [-0.4, -0.2) is 23.5 Å². The second-order valence-corrected chi connectivity index (χ2v) is 6.84. The topological polar surface area (TPSA) is 90.2 Å². The van der Waals surface area contributed by atoms with Gasteiger partial charge in [0, 0.05) is 5.92 Å². The lowest BCUT2D eigenvalue weighted by Crippen LogP contribution is -2.36. The summed E-state index contributed by atoms with van der Waals surface area (Å²) in [5.74, 6) is -1.06. The fourth-order valence-corrected chi connectivity index (χ4v) is 3.95. The van der Waals surface area contributed by atoms with Crippen molar-refractivity contribution < 1.29 is 14.7 Å². The first kappa shape index (κ1) is 18.7. The number of carbonyl (C=O) groups excluding carboxylic acids is 1. The minimum Gasteiger partial charge on any atom is -0.478 e. The number of rotatable bonds is 5. The normalized spacial score (nSPS) is 19.1. The van der Waals surface area contributed by atoms with Crippen LogP contribution in [0.5, 0.6) is 0 Å². The minimum absolute atomic E-state index is 0.0281. The van der Waals surface area contributed by atoms with Crippen molar-refractivity contribution in [3.8, 4) is 17.2 Å². The quantitative estimate of drug-likeness (QED) is 0.788. The van der Waals surface area contributed by atoms with E-state index in [2.05, 4.69) is 11.4 Å². The average molecular weight is 362 g/mol. The number of carbonyl (C=O) groups is 2. The zero-order valence-electron chi connectivity index (χ0n) is 15.0. The van der Waals surface area contributed by atoms with Gasteiger partial charge in [-0.15, -0.1) is 0 Å². The molecule has 1 fully saturated rings. The minimum atomic E-state index is -0.948. The van der Waals surface area contributed by atoms with Crippen molar-refractivity contribution in [3.05, 3.63) is 59.7 Å². The Morgan fingerprint density at radius 1 is 1.07 bits per heavy atom. The third-order valence-corrected chi connectivity index (χ3v) is 5.25. The predicted molar refractivity (Wildman–Crippen MR) is 102 cm³/mol. The van der Waals surface area contributed by atoms with Crippen LogP contribution in [0.3, 0.4) is 0 Å². The summed E-state index contributed by atoms with van der Waals surface area (Å²) >= 11 is 0. The lowest BCUT2D eigenvalue weighted by atomic mass is 9.73. The summed E-state index contributed by atoms with van der Waals surface area (Å²) in [6.45, 7) is 0.0281. The van der Waals surface area contributed by atoms with Gasteiger partial charge in [0.25, 0.3) is 0 Å². The van der Waals surface area contributed by atoms with Crippen LogP contribution in [0.1, 0.15) is 47.5 Å². The Morgan fingerprint density at radius 2 is 1.78 bits per heavy atom. The Bertz CT molecular complexity index is 868. The Labute approximate surface area is 158 Å². The van der Waals surface area contributed by atoms with E-state index in [1.165, 1.54) is 0 Å². The highest BCUT2D eigenvalue weighted by molar-refractivity contribution is 5.88. The van der Waals surface area contributed by atoms with Crippen LogP contribution < -0.4 is 5.32 Å². The lowest BCUT2D eigenvalue weighted by Gasteiger charge is -2.32. The zero-order valence-corrected chi connectivity index (χ0v) is 15.0. The van der Waals surface area contributed by atoms with E-state index in [-0.39, 0.29) is 29.9 Å². The number of hydrogen-bond acceptors (Lipinski definition) is 3. The van der Waals surface area contributed by atoms with E-state index >= 15 is 0 Å². The molecule has 0 saturated heterocycles. The van der Waals surface area contributed by atoms with Gasteiger partial charge in [0.2, 0.25) is 5.91 Å². The van der Waals surface area contributed by atoms with E-state index in [0.717, 1.165) is 42.4 Å². The first-order valence-electron chi connectivity index (χ1n) is 9.19. The van der Waals surface area contributed by atoms with E-state index < -0.39 is 5.97 Å². The molecule has 3 rings (SSSR count). The van der Waals surface area contributed by atoms with Gasteiger partial charge in [-0.1, -0.05) is 49.2 Å². The second kappa shape index (κ2) is 8.50. The van der Waals surface area contributed by atoms with Crippen molar-refractivity contribution in [2.75, 3.05) is 6.54 Å². The van der Waals surface area contributed by atoms with Gasteiger partial charge in [0.05, 0.1) is 11.6 Å². The Balaban J connectivity index is 1.95. The third kappa shape index (κ3) is 4.17. The number of carboxylic acids is 1. The first-order valence-corrected chi connectivity index (χ1v) is 9.19. The van der Waals surface area contributed by atoms with Gasteiger partial charge in [-0.2, -0.15) is 5.26 Å². The summed E-state index contributed by atoms with van der Waals surface area (Å²) in [6.07, 6.45) is 3.82. The SMILES string of the molecule is N#CCNC(=O)[C@@H]1CCCCC1c1ccccc1-c1ccc(C(=O)O)cc1. The molecule has 0 aliphatic heterocycles. The molecule has 138 valence electrons.